The number of carbonyl (C=O) groups is 1. The number of guanidine groups is 1. The molecule has 1 aromatic rings. The lowest BCUT2D eigenvalue weighted by atomic mass is 10.1. The summed E-state index contributed by atoms with van der Waals surface area (Å²) in [5.74, 6) is 1.64. The number of hydrogen-bond donors (Lipinski definition) is 2. The number of amides is 1. The van der Waals surface area contributed by atoms with Gasteiger partial charge in [-0.2, -0.15) is 0 Å². The largest absolute Gasteiger partial charge is 0.381 e. The van der Waals surface area contributed by atoms with Crippen molar-refractivity contribution < 1.29 is 9.53 Å². The van der Waals surface area contributed by atoms with Crippen molar-refractivity contribution in [2.75, 3.05) is 40.4 Å². The van der Waals surface area contributed by atoms with E-state index in [0.29, 0.717) is 12.1 Å². The minimum absolute atomic E-state index is 0.0129. The Bertz CT molecular complexity index is 580. The summed E-state index contributed by atoms with van der Waals surface area (Å²) in [6.07, 6.45) is 3.64. The SMILES string of the molecule is CCNC(=NCc1ccc(C(=O)N(C)C)cc1)NCCCOCC1CC1. The van der Waals surface area contributed by atoms with Gasteiger partial charge in [0.25, 0.3) is 5.91 Å². The number of benzene rings is 1. The fourth-order valence-electron chi connectivity index (χ4n) is 2.44. The van der Waals surface area contributed by atoms with Crippen LogP contribution in [0.2, 0.25) is 0 Å². The Hall–Kier alpha value is -2.08. The van der Waals surface area contributed by atoms with Gasteiger partial charge in [-0.3, -0.25) is 4.79 Å². The van der Waals surface area contributed by atoms with Gasteiger partial charge in [-0.25, -0.2) is 4.99 Å². The maximum Gasteiger partial charge on any atom is 0.253 e. The Morgan fingerprint density at radius 1 is 1.23 bits per heavy atom. The van der Waals surface area contributed by atoms with E-state index in [1.54, 1.807) is 19.0 Å². The third-order valence-electron chi connectivity index (χ3n) is 4.18. The Morgan fingerprint density at radius 3 is 2.58 bits per heavy atom. The van der Waals surface area contributed by atoms with Crippen molar-refractivity contribution in [1.82, 2.24) is 15.5 Å². The molecule has 1 aliphatic rings. The van der Waals surface area contributed by atoms with Crippen LogP contribution in [-0.2, 0) is 11.3 Å². The highest BCUT2D eigenvalue weighted by Gasteiger charge is 2.20. The molecule has 0 unspecified atom stereocenters. The highest BCUT2D eigenvalue weighted by molar-refractivity contribution is 5.93. The van der Waals surface area contributed by atoms with Gasteiger partial charge in [0.1, 0.15) is 0 Å². The average molecular weight is 361 g/mol. The second kappa shape index (κ2) is 10.8. The van der Waals surface area contributed by atoms with E-state index in [9.17, 15) is 4.79 Å². The lowest BCUT2D eigenvalue weighted by Gasteiger charge is -2.12. The molecule has 26 heavy (non-hydrogen) atoms. The first-order valence-corrected chi connectivity index (χ1v) is 9.50. The number of hydrogen-bond acceptors (Lipinski definition) is 3. The molecule has 6 heteroatoms. The predicted octanol–water partition coefficient (Wildman–Crippen LogP) is 2.26. The molecule has 0 aromatic heterocycles. The summed E-state index contributed by atoms with van der Waals surface area (Å²) in [6.45, 7) is 6.00. The molecule has 1 aromatic carbocycles. The minimum Gasteiger partial charge on any atom is -0.381 e. The molecular weight excluding hydrogens is 328 g/mol. The molecule has 1 fully saturated rings. The van der Waals surface area contributed by atoms with Crippen LogP contribution in [-0.4, -0.2) is 57.2 Å². The second-order valence-corrected chi connectivity index (χ2v) is 6.89. The summed E-state index contributed by atoms with van der Waals surface area (Å²) in [4.78, 5) is 18.1. The lowest BCUT2D eigenvalue weighted by Crippen LogP contribution is -2.38. The van der Waals surface area contributed by atoms with Gasteiger partial charge in [0.05, 0.1) is 6.54 Å². The third kappa shape index (κ3) is 7.44. The Kier molecular flexibility index (Phi) is 8.41. The zero-order chi connectivity index (χ0) is 18.8. The molecule has 0 spiro atoms. The van der Waals surface area contributed by atoms with Crippen LogP contribution in [0.15, 0.2) is 29.3 Å². The van der Waals surface area contributed by atoms with Gasteiger partial charge >= 0.3 is 0 Å². The quantitative estimate of drug-likeness (QED) is 0.382. The smallest absolute Gasteiger partial charge is 0.253 e. The molecule has 0 atom stereocenters. The van der Waals surface area contributed by atoms with E-state index < -0.39 is 0 Å². The van der Waals surface area contributed by atoms with Gasteiger partial charge in [0.2, 0.25) is 0 Å². The van der Waals surface area contributed by atoms with Gasteiger partial charge in [-0.15, -0.1) is 0 Å². The van der Waals surface area contributed by atoms with E-state index in [1.165, 1.54) is 12.8 Å². The first-order valence-electron chi connectivity index (χ1n) is 9.50. The Morgan fingerprint density at radius 2 is 1.96 bits per heavy atom. The molecule has 0 saturated heterocycles. The number of nitrogens with zero attached hydrogens (tertiary/aromatic N) is 2. The molecule has 1 aliphatic carbocycles. The summed E-state index contributed by atoms with van der Waals surface area (Å²) in [6, 6.07) is 7.61. The highest BCUT2D eigenvalue weighted by atomic mass is 16.5. The summed E-state index contributed by atoms with van der Waals surface area (Å²) >= 11 is 0. The Labute approximate surface area is 157 Å². The topological polar surface area (TPSA) is 66.0 Å². The summed E-state index contributed by atoms with van der Waals surface area (Å²) < 4.78 is 5.64. The van der Waals surface area contributed by atoms with E-state index in [-0.39, 0.29) is 5.91 Å². The first-order chi connectivity index (χ1) is 12.6. The maximum atomic E-state index is 11.9. The van der Waals surface area contributed by atoms with Crippen molar-refractivity contribution in [3.63, 3.8) is 0 Å². The van der Waals surface area contributed by atoms with Gasteiger partial charge < -0.3 is 20.3 Å². The summed E-state index contributed by atoms with van der Waals surface area (Å²) in [5.41, 5.74) is 1.77. The Balaban J connectivity index is 1.74. The molecule has 1 amide bonds. The van der Waals surface area contributed by atoms with Crippen molar-refractivity contribution in [3.8, 4) is 0 Å². The number of ether oxygens (including phenoxy) is 1. The van der Waals surface area contributed by atoms with Crippen LogP contribution >= 0.6 is 0 Å². The molecule has 2 N–H and O–H groups in total. The fraction of sp³-hybridized carbons (Fsp3) is 0.600. The molecular formula is C20H32N4O2. The first kappa shape index (κ1) is 20.2. The average Bonchev–Trinajstić information content (AvgIpc) is 3.46. The van der Waals surface area contributed by atoms with E-state index >= 15 is 0 Å². The van der Waals surface area contributed by atoms with E-state index in [4.69, 9.17) is 4.74 Å². The zero-order valence-corrected chi connectivity index (χ0v) is 16.3. The molecule has 0 heterocycles. The number of carbonyl (C=O) groups excluding carboxylic acids is 1. The van der Waals surface area contributed by atoms with Crippen LogP contribution in [0.3, 0.4) is 0 Å². The van der Waals surface area contributed by atoms with Crippen LogP contribution in [0.4, 0.5) is 0 Å². The van der Waals surface area contributed by atoms with Crippen LogP contribution < -0.4 is 10.6 Å². The zero-order valence-electron chi connectivity index (χ0n) is 16.3. The third-order valence-corrected chi connectivity index (χ3v) is 4.18. The summed E-state index contributed by atoms with van der Waals surface area (Å²) in [7, 11) is 3.51. The molecule has 2 rings (SSSR count). The lowest BCUT2D eigenvalue weighted by molar-refractivity contribution is 0.0827. The van der Waals surface area contributed by atoms with Crippen molar-refractivity contribution in [2.24, 2.45) is 10.9 Å². The van der Waals surface area contributed by atoms with E-state index in [1.807, 2.05) is 24.3 Å². The maximum absolute atomic E-state index is 11.9. The summed E-state index contributed by atoms with van der Waals surface area (Å²) in [5, 5.41) is 6.59. The van der Waals surface area contributed by atoms with Crippen LogP contribution in [0.25, 0.3) is 0 Å². The normalized spacial score (nSPS) is 14.2. The van der Waals surface area contributed by atoms with Crippen LogP contribution in [0, 0.1) is 5.92 Å². The molecule has 144 valence electrons. The van der Waals surface area contributed by atoms with Gasteiger partial charge in [-0.05, 0) is 49.8 Å². The molecule has 0 aliphatic heterocycles. The van der Waals surface area contributed by atoms with Gasteiger partial charge in [-0.1, -0.05) is 12.1 Å². The second-order valence-electron chi connectivity index (χ2n) is 6.89. The van der Waals surface area contributed by atoms with Gasteiger partial charge in [0, 0.05) is 46.0 Å². The standard InChI is InChI=1S/C20H32N4O2/c1-4-21-20(22-12-5-13-26-15-17-6-7-17)23-14-16-8-10-18(11-9-16)19(25)24(2)3/h8-11,17H,4-7,12-15H2,1-3H3,(H2,21,22,23). The number of aliphatic imine (C=N–C) groups is 1. The van der Waals surface area contributed by atoms with Crippen molar-refractivity contribution in [3.05, 3.63) is 35.4 Å². The minimum atomic E-state index is 0.0129. The molecule has 1 saturated carbocycles. The monoisotopic (exact) mass is 360 g/mol. The fourth-order valence-corrected chi connectivity index (χ4v) is 2.44. The van der Waals surface area contributed by atoms with Gasteiger partial charge in [0.15, 0.2) is 5.96 Å². The predicted molar refractivity (Wildman–Crippen MR) is 105 cm³/mol. The number of nitrogens with one attached hydrogen (secondary N) is 2. The number of rotatable bonds is 10. The van der Waals surface area contributed by atoms with E-state index in [2.05, 4.69) is 22.5 Å². The van der Waals surface area contributed by atoms with Crippen molar-refractivity contribution in [1.29, 1.82) is 0 Å². The molecule has 0 radical (unpaired) electrons. The van der Waals surface area contributed by atoms with Crippen molar-refractivity contribution >= 4 is 11.9 Å². The van der Waals surface area contributed by atoms with Crippen LogP contribution in [0.5, 0.6) is 0 Å². The molecule has 0 bridgehead atoms. The highest BCUT2D eigenvalue weighted by Crippen LogP contribution is 2.28. The van der Waals surface area contributed by atoms with Crippen molar-refractivity contribution in [2.45, 2.75) is 32.7 Å². The van der Waals surface area contributed by atoms with E-state index in [0.717, 1.165) is 50.2 Å². The molecule has 6 nitrogen and oxygen atoms in total. The van der Waals surface area contributed by atoms with Crippen LogP contribution in [0.1, 0.15) is 42.1 Å².